The number of nitrogens with zero attached hydrogens (tertiary/aromatic N) is 1. The molecule has 0 unspecified atom stereocenters. The number of methoxy groups -OCH3 is 1. The van der Waals surface area contributed by atoms with Gasteiger partial charge in [-0.3, -0.25) is 9.59 Å². The van der Waals surface area contributed by atoms with Crippen molar-refractivity contribution < 1.29 is 23.5 Å². The van der Waals surface area contributed by atoms with Crippen LogP contribution >= 0.6 is 0 Å². The molecule has 130 valence electrons. The fraction of sp³-hybridized carbons (Fsp3) is 0.222. The van der Waals surface area contributed by atoms with E-state index in [4.69, 9.17) is 9.47 Å². The van der Waals surface area contributed by atoms with Gasteiger partial charge in [0.2, 0.25) is 0 Å². The van der Waals surface area contributed by atoms with Gasteiger partial charge in [0.25, 0.3) is 11.8 Å². The Bertz CT molecular complexity index is 838. The highest BCUT2D eigenvalue weighted by Crippen LogP contribution is 2.29. The van der Waals surface area contributed by atoms with Crippen LogP contribution in [-0.2, 0) is 11.3 Å². The van der Waals surface area contributed by atoms with E-state index in [2.05, 4.69) is 5.32 Å². The van der Waals surface area contributed by atoms with Crippen molar-refractivity contribution in [1.29, 1.82) is 0 Å². The second kappa shape index (κ2) is 6.80. The maximum Gasteiger partial charge on any atom is 0.262 e. The van der Waals surface area contributed by atoms with Crippen molar-refractivity contribution in [2.24, 2.45) is 0 Å². The molecule has 0 radical (unpaired) electrons. The second-order valence-corrected chi connectivity index (χ2v) is 5.68. The van der Waals surface area contributed by atoms with E-state index in [0.717, 1.165) is 0 Å². The number of fused-ring (bicyclic) bond motifs is 1. The summed E-state index contributed by atoms with van der Waals surface area (Å²) in [6.07, 6.45) is 0. The van der Waals surface area contributed by atoms with Gasteiger partial charge in [-0.25, -0.2) is 4.39 Å². The minimum absolute atomic E-state index is 0.0385. The Morgan fingerprint density at radius 3 is 2.84 bits per heavy atom. The minimum Gasteiger partial charge on any atom is -0.494 e. The molecule has 0 aliphatic carbocycles. The molecule has 3 rings (SSSR count). The normalized spacial score (nSPS) is 12.7. The van der Waals surface area contributed by atoms with Gasteiger partial charge in [0.05, 0.1) is 12.8 Å². The van der Waals surface area contributed by atoms with Gasteiger partial charge >= 0.3 is 0 Å². The number of benzene rings is 2. The van der Waals surface area contributed by atoms with E-state index in [0.29, 0.717) is 22.6 Å². The summed E-state index contributed by atoms with van der Waals surface area (Å²) in [6, 6.07) is 9.40. The fourth-order valence-electron chi connectivity index (χ4n) is 2.59. The molecule has 2 aromatic carbocycles. The quantitative estimate of drug-likeness (QED) is 0.925. The predicted octanol–water partition coefficient (Wildman–Crippen LogP) is 2.44. The molecule has 2 amide bonds. The van der Waals surface area contributed by atoms with Gasteiger partial charge in [-0.15, -0.1) is 0 Å². The van der Waals surface area contributed by atoms with Gasteiger partial charge in [0, 0.05) is 19.2 Å². The lowest BCUT2D eigenvalue weighted by molar-refractivity contribution is -0.118. The molecule has 6 nitrogen and oxygen atoms in total. The molecule has 0 fully saturated rings. The number of halogens is 1. The van der Waals surface area contributed by atoms with Crippen molar-refractivity contribution in [2.45, 2.75) is 6.54 Å². The molecule has 1 aliphatic rings. The second-order valence-electron chi connectivity index (χ2n) is 5.68. The number of carbonyl (C=O) groups is 2. The third kappa shape index (κ3) is 3.55. The van der Waals surface area contributed by atoms with Crippen molar-refractivity contribution >= 4 is 17.5 Å². The minimum atomic E-state index is -0.477. The number of ether oxygens (including phenoxy) is 2. The largest absolute Gasteiger partial charge is 0.494 e. The van der Waals surface area contributed by atoms with E-state index in [1.165, 1.54) is 24.1 Å². The van der Waals surface area contributed by atoms with Crippen LogP contribution in [0.2, 0.25) is 0 Å². The number of amides is 2. The van der Waals surface area contributed by atoms with Gasteiger partial charge in [-0.05, 0) is 35.9 Å². The van der Waals surface area contributed by atoms with E-state index in [1.54, 1.807) is 31.3 Å². The van der Waals surface area contributed by atoms with Crippen molar-refractivity contribution in [3.05, 3.63) is 53.3 Å². The molecule has 0 aromatic heterocycles. The standard InChI is InChI=1S/C18H17FN2O4/c1-21(9-11-3-5-15(24-2)13(19)7-11)18(23)12-4-6-16-14(8-12)20-17(22)10-25-16/h3-8H,9-10H2,1-2H3,(H,20,22). The SMILES string of the molecule is COc1ccc(CN(C)C(=O)c2ccc3c(c2)NC(=O)CO3)cc1F. The maximum atomic E-state index is 13.8. The lowest BCUT2D eigenvalue weighted by Crippen LogP contribution is -2.28. The molecule has 1 heterocycles. The average Bonchev–Trinajstić information content (AvgIpc) is 2.60. The lowest BCUT2D eigenvalue weighted by atomic mass is 10.1. The van der Waals surface area contributed by atoms with Crippen LogP contribution in [0.25, 0.3) is 0 Å². The first kappa shape index (κ1) is 16.8. The van der Waals surface area contributed by atoms with Gasteiger partial charge in [-0.2, -0.15) is 0 Å². The highest BCUT2D eigenvalue weighted by atomic mass is 19.1. The zero-order chi connectivity index (χ0) is 18.0. The molecule has 2 aromatic rings. The molecular formula is C18H17FN2O4. The first-order valence-corrected chi connectivity index (χ1v) is 7.62. The van der Waals surface area contributed by atoms with E-state index in [1.807, 2.05) is 0 Å². The molecule has 0 atom stereocenters. The van der Waals surface area contributed by atoms with E-state index >= 15 is 0 Å². The Balaban J connectivity index is 1.75. The zero-order valence-electron chi connectivity index (χ0n) is 13.8. The summed E-state index contributed by atoms with van der Waals surface area (Å²) >= 11 is 0. The molecule has 7 heteroatoms. The van der Waals surface area contributed by atoms with Gasteiger partial charge in [-0.1, -0.05) is 6.07 Å². The summed E-state index contributed by atoms with van der Waals surface area (Å²) in [7, 11) is 3.02. The molecule has 25 heavy (non-hydrogen) atoms. The fourth-order valence-corrected chi connectivity index (χ4v) is 2.59. The van der Waals surface area contributed by atoms with Crippen LogP contribution in [0.15, 0.2) is 36.4 Å². The maximum absolute atomic E-state index is 13.8. The Kier molecular flexibility index (Phi) is 4.56. The summed E-state index contributed by atoms with van der Waals surface area (Å²) < 4.78 is 23.9. The predicted molar refractivity (Wildman–Crippen MR) is 89.3 cm³/mol. The van der Waals surface area contributed by atoms with Crippen LogP contribution in [0.4, 0.5) is 10.1 Å². The van der Waals surface area contributed by atoms with Crippen molar-refractivity contribution in [3.63, 3.8) is 0 Å². The highest BCUT2D eigenvalue weighted by molar-refractivity contribution is 5.99. The summed E-state index contributed by atoms with van der Waals surface area (Å²) in [5.41, 5.74) is 1.51. The van der Waals surface area contributed by atoms with E-state index in [9.17, 15) is 14.0 Å². The number of rotatable bonds is 4. The van der Waals surface area contributed by atoms with Crippen molar-refractivity contribution in [3.8, 4) is 11.5 Å². The molecule has 0 saturated heterocycles. The molecule has 1 N–H and O–H groups in total. The van der Waals surface area contributed by atoms with Gasteiger partial charge in [0.15, 0.2) is 18.2 Å². The number of hydrogen-bond donors (Lipinski definition) is 1. The topological polar surface area (TPSA) is 67.9 Å². The zero-order valence-corrected chi connectivity index (χ0v) is 13.8. The first-order chi connectivity index (χ1) is 12.0. The number of hydrogen-bond acceptors (Lipinski definition) is 4. The smallest absolute Gasteiger partial charge is 0.262 e. The molecule has 1 aliphatic heterocycles. The van der Waals surface area contributed by atoms with Crippen LogP contribution in [-0.4, -0.2) is 37.5 Å². The van der Waals surface area contributed by atoms with Crippen LogP contribution in [0, 0.1) is 5.82 Å². The van der Waals surface area contributed by atoms with Crippen LogP contribution in [0.5, 0.6) is 11.5 Å². The van der Waals surface area contributed by atoms with Gasteiger partial charge < -0.3 is 19.7 Å². The number of nitrogens with one attached hydrogen (secondary N) is 1. The van der Waals surface area contributed by atoms with Crippen LogP contribution in [0.1, 0.15) is 15.9 Å². The molecule has 0 saturated carbocycles. The van der Waals surface area contributed by atoms with Crippen molar-refractivity contribution in [2.75, 3.05) is 26.1 Å². The van der Waals surface area contributed by atoms with Crippen LogP contribution < -0.4 is 14.8 Å². The number of anilines is 1. The molecule has 0 spiro atoms. The Labute approximate surface area is 144 Å². The molecule has 0 bridgehead atoms. The Morgan fingerprint density at radius 2 is 2.12 bits per heavy atom. The van der Waals surface area contributed by atoms with E-state index < -0.39 is 5.82 Å². The summed E-state index contributed by atoms with van der Waals surface area (Å²) in [5, 5.41) is 2.67. The third-order valence-electron chi connectivity index (χ3n) is 3.84. The average molecular weight is 344 g/mol. The Hall–Kier alpha value is -3.09. The first-order valence-electron chi connectivity index (χ1n) is 7.62. The lowest BCUT2D eigenvalue weighted by Gasteiger charge is -2.21. The monoisotopic (exact) mass is 344 g/mol. The van der Waals surface area contributed by atoms with E-state index in [-0.39, 0.29) is 30.7 Å². The van der Waals surface area contributed by atoms with Crippen molar-refractivity contribution in [1.82, 2.24) is 4.90 Å². The number of carbonyl (C=O) groups excluding carboxylic acids is 2. The van der Waals surface area contributed by atoms with Gasteiger partial charge in [0.1, 0.15) is 5.75 Å². The summed E-state index contributed by atoms with van der Waals surface area (Å²) in [4.78, 5) is 25.4. The summed E-state index contributed by atoms with van der Waals surface area (Å²) in [5.74, 6) is -0.313. The Morgan fingerprint density at radius 1 is 1.32 bits per heavy atom. The third-order valence-corrected chi connectivity index (χ3v) is 3.84. The van der Waals surface area contributed by atoms with Crippen LogP contribution in [0.3, 0.4) is 0 Å². The summed E-state index contributed by atoms with van der Waals surface area (Å²) in [6.45, 7) is 0.197. The molecular weight excluding hydrogens is 327 g/mol. The highest BCUT2D eigenvalue weighted by Gasteiger charge is 2.19.